The molecule has 2 rings (SSSR count). The van der Waals surface area contributed by atoms with Crippen molar-refractivity contribution >= 4 is 0 Å². The van der Waals surface area contributed by atoms with Crippen LogP contribution >= 0.6 is 0 Å². The molecule has 3 unspecified atom stereocenters. The molecule has 0 aromatic carbocycles. The third-order valence-electron chi connectivity index (χ3n) is 3.00. The van der Waals surface area contributed by atoms with Crippen LogP contribution in [0, 0.1) is 11.8 Å². The molecule has 1 heterocycles. The summed E-state index contributed by atoms with van der Waals surface area (Å²) in [5.41, 5.74) is 0.498. The van der Waals surface area contributed by atoms with Crippen LogP contribution in [0.25, 0.3) is 0 Å². The number of hydrogen-bond donors (Lipinski definition) is 1. The highest BCUT2D eigenvalue weighted by Gasteiger charge is 2.41. The van der Waals surface area contributed by atoms with E-state index in [1.807, 2.05) is 0 Å². The summed E-state index contributed by atoms with van der Waals surface area (Å²) in [4.78, 5) is 8.25. The zero-order valence-corrected chi connectivity index (χ0v) is 9.67. The molecule has 5 heteroatoms. The molecule has 1 fully saturated rings. The van der Waals surface area contributed by atoms with Crippen LogP contribution in [0.3, 0.4) is 0 Å². The standard InChI is InChI=1S/C11H16N2O3/c1-6-4-7(6)10(14)9-11(16-3)13-8(15-2)5-12-9/h5-7,10,14H,4H2,1-3H3. The summed E-state index contributed by atoms with van der Waals surface area (Å²) in [6.07, 6.45) is 1.93. The second-order valence-electron chi connectivity index (χ2n) is 4.13. The van der Waals surface area contributed by atoms with Gasteiger partial charge < -0.3 is 14.6 Å². The number of nitrogens with zero attached hydrogens (tertiary/aromatic N) is 2. The molecule has 1 aromatic heterocycles. The normalized spacial score (nSPS) is 25.0. The van der Waals surface area contributed by atoms with E-state index in [1.54, 1.807) is 0 Å². The Bertz CT molecular complexity index is 383. The molecular formula is C11H16N2O3. The number of ether oxygens (including phenoxy) is 2. The quantitative estimate of drug-likeness (QED) is 0.832. The minimum absolute atomic E-state index is 0.275. The van der Waals surface area contributed by atoms with E-state index in [9.17, 15) is 5.11 Å². The second kappa shape index (κ2) is 4.25. The van der Waals surface area contributed by atoms with Crippen molar-refractivity contribution in [1.29, 1.82) is 0 Å². The van der Waals surface area contributed by atoms with Crippen molar-refractivity contribution in [3.05, 3.63) is 11.9 Å². The molecule has 0 saturated heterocycles. The summed E-state index contributed by atoms with van der Waals surface area (Å²) in [7, 11) is 3.03. The maximum Gasteiger partial charge on any atom is 0.241 e. The monoisotopic (exact) mass is 224 g/mol. The fraction of sp³-hybridized carbons (Fsp3) is 0.636. The highest BCUT2D eigenvalue weighted by Crippen LogP contribution is 2.47. The van der Waals surface area contributed by atoms with Crippen LogP contribution in [0.1, 0.15) is 25.1 Å². The number of rotatable bonds is 4. The van der Waals surface area contributed by atoms with Crippen molar-refractivity contribution in [2.45, 2.75) is 19.4 Å². The smallest absolute Gasteiger partial charge is 0.241 e. The summed E-state index contributed by atoms with van der Waals surface area (Å²) in [5, 5.41) is 10.1. The number of aliphatic hydroxyl groups is 1. The minimum atomic E-state index is -0.594. The summed E-state index contributed by atoms with van der Waals surface area (Å²) in [6.45, 7) is 2.11. The van der Waals surface area contributed by atoms with Gasteiger partial charge >= 0.3 is 0 Å². The Morgan fingerprint density at radius 1 is 1.44 bits per heavy atom. The lowest BCUT2D eigenvalue weighted by molar-refractivity contribution is 0.138. The second-order valence-corrected chi connectivity index (χ2v) is 4.13. The molecule has 1 aliphatic rings. The highest BCUT2D eigenvalue weighted by atomic mass is 16.5. The van der Waals surface area contributed by atoms with Crippen molar-refractivity contribution < 1.29 is 14.6 Å². The van der Waals surface area contributed by atoms with Gasteiger partial charge in [0, 0.05) is 0 Å². The molecule has 0 bridgehead atoms. The maximum absolute atomic E-state index is 10.1. The van der Waals surface area contributed by atoms with Gasteiger partial charge in [0.1, 0.15) is 11.8 Å². The van der Waals surface area contributed by atoms with E-state index in [-0.39, 0.29) is 5.92 Å². The van der Waals surface area contributed by atoms with Crippen molar-refractivity contribution in [3.63, 3.8) is 0 Å². The Kier molecular flexibility index (Phi) is 2.96. The molecule has 1 N–H and O–H groups in total. The van der Waals surface area contributed by atoms with Crippen LogP contribution in [0.4, 0.5) is 0 Å². The minimum Gasteiger partial charge on any atom is -0.480 e. The molecule has 0 radical (unpaired) electrons. The topological polar surface area (TPSA) is 64.5 Å². The van der Waals surface area contributed by atoms with Gasteiger partial charge in [0.2, 0.25) is 11.8 Å². The SMILES string of the molecule is COc1cnc(C(O)C2CC2C)c(OC)n1. The van der Waals surface area contributed by atoms with Gasteiger partial charge in [-0.1, -0.05) is 6.92 Å². The summed E-state index contributed by atoms with van der Waals surface area (Å²) in [6, 6.07) is 0. The number of aromatic nitrogens is 2. The largest absolute Gasteiger partial charge is 0.480 e. The lowest BCUT2D eigenvalue weighted by Gasteiger charge is -2.12. The predicted molar refractivity (Wildman–Crippen MR) is 57.4 cm³/mol. The third kappa shape index (κ3) is 1.95. The van der Waals surface area contributed by atoms with E-state index < -0.39 is 6.10 Å². The first-order valence-corrected chi connectivity index (χ1v) is 5.30. The Balaban J connectivity index is 2.25. The molecule has 88 valence electrons. The number of hydrogen-bond acceptors (Lipinski definition) is 5. The Hall–Kier alpha value is -1.36. The van der Waals surface area contributed by atoms with Gasteiger partial charge in [-0.15, -0.1) is 0 Å². The molecule has 0 aliphatic heterocycles. The van der Waals surface area contributed by atoms with E-state index in [4.69, 9.17) is 9.47 Å². The van der Waals surface area contributed by atoms with Crippen LogP contribution in [-0.2, 0) is 0 Å². The first kappa shape index (κ1) is 11.1. The Labute approximate surface area is 94.4 Å². The van der Waals surface area contributed by atoms with E-state index in [1.165, 1.54) is 20.4 Å². The Morgan fingerprint density at radius 3 is 2.62 bits per heavy atom. The van der Waals surface area contributed by atoms with Crippen molar-refractivity contribution in [2.24, 2.45) is 11.8 Å². The predicted octanol–water partition coefficient (Wildman–Crippen LogP) is 1.18. The Morgan fingerprint density at radius 2 is 2.12 bits per heavy atom. The molecule has 5 nitrogen and oxygen atoms in total. The van der Waals surface area contributed by atoms with Crippen LogP contribution in [0.2, 0.25) is 0 Å². The van der Waals surface area contributed by atoms with Crippen LogP contribution in [0.5, 0.6) is 11.8 Å². The van der Waals surface area contributed by atoms with E-state index in [0.29, 0.717) is 23.4 Å². The van der Waals surface area contributed by atoms with Crippen LogP contribution in [-0.4, -0.2) is 29.3 Å². The maximum atomic E-state index is 10.1. The molecule has 1 aromatic rings. The first-order valence-electron chi connectivity index (χ1n) is 5.30. The molecule has 16 heavy (non-hydrogen) atoms. The van der Waals surface area contributed by atoms with Gasteiger partial charge in [-0.05, 0) is 18.3 Å². The van der Waals surface area contributed by atoms with Gasteiger partial charge in [0.15, 0.2) is 0 Å². The van der Waals surface area contributed by atoms with E-state index in [0.717, 1.165) is 6.42 Å². The van der Waals surface area contributed by atoms with Crippen molar-refractivity contribution in [3.8, 4) is 11.8 Å². The van der Waals surface area contributed by atoms with Gasteiger partial charge in [-0.25, -0.2) is 4.98 Å². The van der Waals surface area contributed by atoms with Gasteiger partial charge in [0.25, 0.3) is 0 Å². The zero-order chi connectivity index (χ0) is 11.7. The van der Waals surface area contributed by atoms with Crippen LogP contribution < -0.4 is 9.47 Å². The number of methoxy groups -OCH3 is 2. The molecule has 0 spiro atoms. The average Bonchev–Trinajstić information content (AvgIpc) is 3.04. The summed E-state index contributed by atoms with van der Waals surface area (Å²) in [5.74, 6) is 1.54. The van der Waals surface area contributed by atoms with E-state index >= 15 is 0 Å². The summed E-state index contributed by atoms with van der Waals surface area (Å²) < 4.78 is 10.1. The zero-order valence-electron chi connectivity index (χ0n) is 9.67. The third-order valence-corrected chi connectivity index (χ3v) is 3.00. The van der Waals surface area contributed by atoms with Gasteiger partial charge in [-0.2, -0.15) is 4.98 Å². The fourth-order valence-electron chi connectivity index (χ4n) is 1.81. The number of aliphatic hydroxyl groups excluding tert-OH is 1. The van der Waals surface area contributed by atoms with Crippen molar-refractivity contribution in [1.82, 2.24) is 9.97 Å². The van der Waals surface area contributed by atoms with Gasteiger partial charge in [0.05, 0.1) is 20.4 Å². The molecule has 0 amide bonds. The molecule has 3 atom stereocenters. The molecule has 1 aliphatic carbocycles. The van der Waals surface area contributed by atoms with Gasteiger partial charge in [-0.3, -0.25) is 0 Å². The summed E-state index contributed by atoms with van der Waals surface area (Å²) >= 11 is 0. The molecular weight excluding hydrogens is 208 g/mol. The highest BCUT2D eigenvalue weighted by molar-refractivity contribution is 5.26. The molecule has 1 saturated carbocycles. The first-order chi connectivity index (χ1) is 7.67. The average molecular weight is 224 g/mol. The van der Waals surface area contributed by atoms with Crippen LogP contribution in [0.15, 0.2) is 6.20 Å². The lowest BCUT2D eigenvalue weighted by atomic mass is 10.1. The van der Waals surface area contributed by atoms with Crippen molar-refractivity contribution in [2.75, 3.05) is 14.2 Å². The fourth-order valence-corrected chi connectivity index (χ4v) is 1.81. The van der Waals surface area contributed by atoms with E-state index in [2.05, 4.69) is 16.9 Å². The lowest BCUT2D eigenvalue weighted by Crippen LogP contribution is -2.08.